The molecule has 24 heavy (non-hydrogen) atoms. The minimum absolute atomic E-state index is 0.218. The van der Waals surface area contributed by atoms with E-state index in [4.69, 9.17) is 5.26 Å². The third kappa shape index (κ3) is 3.76. The molecule has 4 heteroatoms. The monoisotopic (exact) mass is 317 g/mol. The van der Waals surface area contributed by atoms with Crippen LogP contribution in [0.25, 0.3) is 5.57 Å². The van der Waals surface area contributed by atoms with E-state index in [9.17, 15) is 4.39 Å². The normalized spacial score (nSPS) is 11.2. The Morgan fingerprint density at radius 3 is 2.50 bits per heavy atom. The highest BCUT2D eigenvalue weighted by Crippen LogP contribution is 2.23. The molecule has 0 saturated heterocycles. The van der Waals surface area contributed by atoms with E-state index < -0.39 is 0 Å². The number of aromatic nitrogens is 2. The second-order valence-corrected chi connectivity index (χ2v) is 5.43. The SMILES string of the molecule is N#Cc1ccc(/C(=C\CCc2ccc(F)cc2)c2c[nH]cn2)cc1. The number of rotatable bonds is 5. The fourth-order valence-corrected chi connectivity index (χ4v) is 2.54. The van der Waals surface area contributed by atoms with Gasteiger partial charge in [0.15, 0.2) is 0 Å². The second kappa shape index (κ2) is 7.38. The summed E-state index contributed by atoms with van der Waals surface area (Å²) in [4.78, 5) is 7.31. The van der Waals surface area contributed by atoms with E-state index in [0.717, 1.165) is 35.2 Å². The number of benzene rings is 2. The van der Waals surface area contributed by atoms with E-state index in [1.54, 1.807) is 30.6 Å². The first kappa shape index (κ1) is 15.7. The largest absolute Gasteiger partial charge is 0.351 e. The van der Waals surface area contributed by atoms with Crippen molar-refractivity contribution in [2.24, 2.45) is 0 Å². The van der Waals surface area contributed by atoms with Crippen molar-refractivity contribution >= 4 is 5.57 Å². The molecule has 0 aliphatic heterocycles. The number of allylic oxidation sites excluding steroid dienone is 1. The predicted molar refractivity (Wildman–Crippen MR) is 91.5 cm³/mol. The van der Waals surface area contributed by atoms with Crippen LogP contribution in [0.5, 0.6) is 0 Å². The molecule has 0 spiro atoms. The maximum Gasteiger partial charge on any atom is 0.123 e. The minimum Gasteiger partial charge on any atom is -0.351 e. The Morgan fingerprint density at radius 1 is 1.12 bits per heavy atom. The molecule has 0 radical (unpaired) electrons. The fourth-order valence-electron chi connectivity index (χ4n) is 2.54. The van der Waals surface area contributed by atoms with Gasteiger partial charge in [0.25, 0.3) is 0 Å². The summed E-state index contributed by atoms with van der Waals surface area (Å²) in [5, 5.41) is 8.93. The van der Waals surface area contributed by atoms with E-state index in [0.29, 0.717) is 5.56 Å². The lowest BCUT2D eigenvalue weighted by atomic mass is 9.99. The van der Waals surface area contributed by atoms with Crippen LogP contribution in [-0.2, 0) is 6.42 Å². The molecule has 1 heterocycles. The van der Waals surface area contributed by atoms with Crippen molar-refractivity contribution in [3.05, 3.63) is 95.3 Å². The van der Waals surface area contributed by atoms with Crippen molar-refractivity contribution in [1.82, 2.24) is 9.97 Å². The van der Waals surface area contributed by atoms with Crippen LogP contribution in [0, 0.1) is 17.1 Å². The molecule has 3 rings (SSSR count). The summed E-state index contributed by atoms with van der Waals surface area (Å²) in [5.74, 6) is -0.218. The number of aryl methyl sites for hydroxylation is 1. The first-order chi connectivity index (χ1) is 11.8. The molecule has 2 aromatic carbocycles. The number of nitrogens with one attached hydrogen (secondary N) is 1. The maximum absolute atomic E-state index is 13.0. The Kier molecular flexibility index (Phi) is 4.83. The van der Waals surface area contributed by atoms with Crippen molar-refractivity contribution in [2.45, 2.75) is 12.8 Å². The summed E-state index contributed by atoms with van der Waals surface area (Å²) < 4.78 is 13.0. The van der Waals surface area contributed by atoms with Gasteiger partial charge in [-0.3, -0.25) is 0 Å². The number of imidazole rings is 1. The standard InChI is InChI=1S/C20H16FN3/c21-18-10-6-15(7-11-18)2-1-3-19(20-13-23-14-24-20)17-8-4-16(12-22)5-9-17/h3-11,13-14H,1-2H2,(H,23,24)/b19-3+. The molecule has 3 aromatic rings. The van der Waals surface area contributed by atoms with E-state index in [-0.39, 0.29) is 5.82 Å². The number of halogens is 1. The van der Waals surface area contributed by atoms with Crippen LogP contribution < -0.4 is 0 Å². The molecule has 0 fully saturated rings. The molecule has 0 amide bonds. The zero-order valence-electron chi connectivity index (χ0n) is 13.0. The molecular weight excluding hydrogens is 301 g/mol. The number of hydrogen-bond acceptors (Lipinski definition) is 2. The van der Waals surface area contributed by atoms with Crippen LogP contribution in [-0.4, -0.2) is 9.97 Å². The van der Waals surface area contributed by atoms with Gasteiger partial charge in [0.1, 0.15) is 5.82 Å². The van der Waals surface area contributed by atoms with Gasteiger partial charge in [-0.25, -0.2) is 9.37 Å². The van der Waals surface area contributed by atoms with Gasteiger partial charge >= 0.3 is 0 Å². The summed E-state index contributed by atoms with van der Waals surface area (Å²) >= 11 is 0. The van der Waals surface area contributed by atoms with Gasteiger partial charge in [-0.05, 0) is 48.2 Å². The van der Waals surface area contributed by atoms with E-state index >= 15 is 0 Å². The number of nitrogens with zero attached hydrogens (tertiary/aromatic N) is 2. The Morgan fingerprint density at radius 2 is 1.88 bits per heavy atom. The van der Waals surface area contributed by atoms with Crippen molar-refractivity contribution in [3.63, 3.8) is 0 Å². The smallest absolute Gasteiger partial charge is 0.123 e. The number of aromatic amines is 1. The highest BCUT2D eigenvalue weighted by molar-refractivity contribution is 5.77. The zero-order valence-corrected chi connectivity index (χ0v) is 13.0. The third-order valence-electron chi connectivity index (χ3n) is 3.79. The number of H-pyrrole nitrogens is 1. The Hall–Kier alpha value is -3.19. The van der Waals surface area contributed by atoms with Gasteiger partial charge in [0.05, 0.1) is 23.7 Å². The first-order valence-electron chi connectivity index (χ1n) is 7.70. The topological polar surface area (TPSA) is 52.5 Å². The predicted octanol–water partition coefficient (Wildman–Crippen LogP) is 4.48. The van der Waals surface area contributed by atoms with E-state index in [1.165, 1.54) is 12.1 Å². The highest BCUT2D eigenvalue weighted by Gasteiger charge is 2.07. The van der Waals surface area contributed by atoms with Crippen molar-refractivity contribution in [3.8, 4) is 6.07 Å². The van der Waals surface area contributed by atoms with Crippen molar-refractivity contribution < 1.29 is 4.39 Å². The average Bonchev–Trinajstić information content (AvgIpc) is 3.15. The van der Waals surface area contributed by atoms with Crippen molar-refractivity contribution in [1.29, 1.82) is 5.26 Å². The molecule has 0 saturated carbocycles. The lowest BCUT2D eigenvalue weighted by molar-refractivity contribution is 0.627. The first-order valence-corrected chi connectivity index (χ1v) is 7.70. The Labute approximate surface area is 140 Å². The highest BCUT2D eigenvalue weighted by atomic mass is 19.1. The van der Waals surface area contributed by atoms with Gasteiger partial charge in [-0.2, -0.15) is 5.26 Å². The summed E-state index contributed by atoms with van der Waals surface area (Å²) in [7, 11) is 0. The summed E-state index contributed by atoms with van der Waals surface area (Å²) in [5.41, 5.74) is 4.61. The Bertz CT molecular complexity index is 855. The van der Waals surface area contributed by atoms with E-state index in [2.05, 4.69) is 22.1 Å². The molecule has 0 atom stereocenters. The number of nitriles is 1. The maximum atomic E-state index is 13.0. The number of hydrogen-bond donors (Lipinski definition) is 1. The van der Waals surface area contributed by atoms with E-state index in [1.807, 2.05) is 18.3 Å². The molecule has 1 aromatic heterocycles. The summed E-state index contributed by atoms with van der Waals surface area (Å²) in [6.07, 6.45) is 7.26. The lowest BCUT2D eigenvalue weighted by Crippen LogP contribution is -1.91. The van der Waals surface area contributed by atoms with Crippen LogP contribution in [0.1, 0.15) is 28.8 Å². The van der Waals surface area contributed by atoms with Crippen LogP contribution in [0.3, 0.4) is 0 Å². The van der Waals surface area contributed by atoms with Crippen molar-refractivity contribution in [2.75, 3.05) is 0 Å². The molecule has 0 aliphatic carbocycles. The van der Waals surface area contributed by atoms with Crippen LogP contribution in [0.2, 0.25) is 0 Å². The summed E-state index contributed by atoms with van der Waals surface area (Å²) in [6.45, 7) is 0. The second-order valence-electron chi connectivity index (χ2n) is 5.43. The Balaban J connectivity index is 1.82. The van der Waals surface area contributed by atoms with Gasteiger partial charge < -0.3 is 4.98 Å². The van der Waals surface area contributed by atoms with Gasteiger partial charge in [-0.15, -0.1) is 0 Å². The quantitative estimate of drug-likeness (QED) is 0.754. The lowest BCUT2D eigenvalue weighted by Gasteiger charge is -2.06. The van der Waals surface area contributed by atoms with Gasteiger partial charge in [0, 0.05) is 11.8 Å². The van der Waals surface area contributed by atoms with Gasteiger partial charge in [0.2, 0.25) is 0 Å². The molecule has 3 nitrogen and oxygen atoms in total. The van der Waals surface area contributed by atoms with Crippen LogP contribution >= 0.6 is 0 Å². The molecule has 118 valence electrons. The molecule has 0 aliphatic rings. The fraction of sp³-hybridized carbons (Fsp3) is 0.100. The average molecular weight is 317 g/mol. The minimum atomic E-state index is -0.218. The zero-order chi connectivity index (χ0) is 16.8. The van der Waals surface area contributed by atoms with Crippen LogP contribution in [0.15, 0.2) is 67.1 Å². The molecule has 1 N–H and O–H groups in total. The molecule has 0 unspecified atom stereocenters. The van der Waals surface area contributed by atoms with Crippen LogP contribution in [0.4, 0.5) is 4.39 Å². The molecular formula is C20H16FN3. The summed E-state index contributed by atoms with van der Waals surface area (Å²) in [6, 6.07) is 16.2. The third-order valence-corrected chi connectivity index (χ3v) is 3.79. The van der Waals surface area contributed by atoms with Gasteiger partial charge in [-0.1, -0.05) is 30.3 Å². The molecule has 0 bridgehead atoms.